The Bertz CT molecular complexity index is 276. The maximum Gasteiger partial charge on any atom is 0.311 e. The first kappa shape index (κ1) is 14.0. The van der Waals surface area contributed by atoms with Crippen LogP contribution in [0.3, 0.4) is 0 Å². The van der Waals surface area contributed by atoms with Crippen LogP contribution in [0.25, 0.3) is 0 Å². The molecule has 0 aromatic heterocycles. The number of aliphatic hydroxyl groups excluding tert-OH is 1. The zero-order chi connectivity index (χ0) is 12.8. The van der Waals surface area contributed by atoms with Crippen LogP contribution in [0.5, 0.6) is 0 Å². The largest absolute Gasteiger partial charge is 0.466 e. The summed E-state index contributed by atoms with van der Waals surface area (Å²) in [5, 5.41) is 9.75. The van der Waals surface area contributed by atoms with Crippen molar-refractivity contribution in [3.8, 4) is 0 Å². The van der Waals surface area contributed by atoms with E-state index in [9.17, 15) is 14.7 Å². The van der Waals surface area contributed by atoms with E-state index in [1.165, 1.54) is 0 Å². The lowest BCUT2D eigenvalue weighted by Crippen LogP contribution is -2.31. The summed E-state index contributed by atoms with van der Waals surface area (Å²) in [6, 6.07) is 0. The van der Waals surface area contributed by atoms with E-state index in [2.05, 4.69) is 0 Å². The fourth-order valence-electron chi connectivity index (χ4n) is 2.31. The minimum absolute atomic E-state index is 0.164. The van der Waals surface area contributed by atoms with E-state index in [1.807, 2.05) is 0 Å². The van der Waals surface area contributed by atoms with Gasteiger partial charge in [-0.1, -0.05) is 0 Å². The zero-order valence-electron chi connectivity index (χ0n) is 10.3. The number of hydrogen-bond donors (Lipinski definition) is 1. The second-order valence-corrected chi connectivity index (χ2v) is 4.19. The van der Waals surface area contributed by atoms with Crippen LogP contribution in [0.4, 0.5) is 0 Å². The first-order valence-corrected chi connectivity index (χ1v) is 6.10. The van der Waals surface area contributed by atoms with Crippen molar-refractivity contribution in [2.24, 2.45) is 11.8 Å². The van der Waals surface area contributed by atoms with Crippen molar-refractivity contribution in [1.29, 1.82) is 0 Å². The molecule has 1 fully saturated rings. The lowest BCUT2D eigenvalue weighted by atomic mass is 9.92. The molecule has 0 aromatic carbocycles. The van der Waals surface area contributed by atoms with E-state index in [4.69, 9.17) is 9.47 Å². The topological polar surface area (TPSA) is 72.8 Å². The van der Waals surface area contributed by atoms with E-state index >= 15 is 0 Å². The molecule has 3 unspecified atom stereocenters. The molecule has 0 amide bonds. The van der Waals surface area contributed by atoms with Crippen LogP contribution in [0.1, 0.15) is 33.1 Å². The van der Waals surface area contributed by atoms with E-state index in [1.54, 1.807) is 13.8 Å². The van der Waals surface area contributed by atoms with Crippen molar-refractivity contribution >= 4 is 11.9 Å². The van der Waals surface area contributed by atoms with Gasteiger partial charge in [-0.3, -0.25) is 9.59 Å². The summed E-state index contributed by atoms with van der Waals surface area (Å²) in [4.78, 5) is 23.0. The van der Waals surface area contributed by atoms with Crippen LogP contribution in [0, 0.1) is 11.8 Å². The summed E-state index contributed by atoms with van der Waals surface area (Å²) in [5.41, 5.74) is 0. The predicted molar refractivity (Wildman–Crippen MR) is 60.1 cm³/mol. The van der Waals surface area contributed by atoms with Crippen LogP contribution in [0.2, 0.25) is 0 Å². The van der Waals surface area contributed by atoms with Gasteiger partial charge >= 0.3 is 11.9 Å². The van der Waals surface area contributed by atoms with E-state index in [0.717, 1.165) is 0 Å². The number of hydrogen-bond acceptors (Lipinski definition) is 5. The van der Waals surface area contributed by atoms with Crippen LogP contribution >= 0.6 is 0 Å². The molecule has 0 radical (unpaired) electrons. The van der Waals surface area contributed by atoms with E-state index in [-0.39, 0.29) is 24.9 Å². The maximum atomic E-state index is 11.7. The molecule has 1 aliphatic carbocycles. The van der Waals surface area contributed by atoms with Crippen LogP contribution in [0.15, 0.2) is 0 Å². The third-order valence-electron chi connectivity index (χ3n) is 3.05. The second kappa shape index (κ2) is 6.59. The van der Waals surface area contributed by atoms with Crippen molar-refractivity contribution in [3.05, 3.63) is 0 Å². The number of carbonyl (C=O) groups is 2. The highest BCUT2D eigenvalue weighted by atomic mass is 16.5. The third kappa shape index (κ3) is 3.70. The standard InChI is InChI=1S/C12H20O5/c1-3-16-10(14)7-8-5-6-9(13)11(8)12(15)17-4-2/h8-9,11,13H,3-7H2,1-2H3. The minimum atomic E-state index is -0.700. The summed E-state index contributed by atoms with van der Waals surface area (Å²) in [6.45, 7) is 4.08. The average molecular weight is 244 g/mol. The smallest absolute Gasteiger partial charge is 0.311 e. The van der Waals surface area contributed by atoms with Crippen molar-refractivity contribution in [2.75, 3.05) is 13.2 Å². The number of carbonyl (C=O) groups excluding carboxylic acids is 2. The summed E-state index contributed by atoms with van der Waals surface area (Å²) < 4.78 is 9.77. The molecule has 0 aliphatic heterocycles. The first-order chi connectivity index (χ1) is 8.10. The van der Waals surface area contributed by atoms with Crippen molar-refractivity contribution in [1.82, 2.24) is 0 Å². The Morgan fingerprint density at radius 3 is 2.41 bits per heavy atom. The molecule has 0 spiro atoms. The molecule has 3 atom stereocenters. The molecule has 0 aromatic rings. The highest BCUT2D eigenvalue weighted by molar-refractivity contribution is 5.76. The Balaban J connectivity index is 2.58. The van der Waals surface area contributed by atoms with Gasteiger partial charge in [0.1, 0.15) is 0 Å². The molecule has 5 heteroatoms. The van der Waals surface area contributed by atoms with Crippen molar-refractivity contribution in [2.45, 2.75) is 39.2 Å². The van der Waals surface area contributed by atoms with Gasteiger partial charge in [0.05, 0.1) is 25.2 Å². The number of esters is 2. The Morgan fingerprint density at radius 1 is 1.18 bits per heavy atom. The Hall–Kier alpha value is -1.10. The van der Waals surface area contributed by atoms with Gasteiger partial charge in [0.2, 0.25) is 0 Å². The quantitative estimate of drug-likeness (QED) is 0.727. The van der Waals surface area contributed by atoms with Crippen LogP contribution < -0.4 is 0 Å². The number of aliphatic hydroxyl groups is 1. The molecule has 98 valence electrons. The van der Waals surface area contributed by atoms with Gasteiger partial charge in [-0.15, -0.1) is 0 Å². The zero-order valence-corrected chi connectivity index (χ0v) is 10.3. The molecular weight excluding hydrogens is 224 g/mol. The van der Waals surface area contributed by atoms with Crippen molar-refractivity contribution in [3.63, 3.8) is 0 Å². The van der Waals surface area contributed by atoms with E-state index < -0.39 is 18.0 Å². The van der Waals surface area contributed by atoms with Gasteiger partial charge in [-0.05, 0) is 32.6 Å². The molecule has 1 rings (SSSR count). The number of ether oxygens (including phenoxy) is 2. The summed E-state index contributed by atoms with van der Waals surface area (Å²) >= 11 is 0. The average Bonchev–Trinajstić information content (AvgIpc) is 2.60. The molecule has 17 heavy (non-hydrogen) atoms. The molecule has 1 aliphatic rings. The van der Waals surface area contributed by atoms with Gasteiger partial charge in [0.15, 0.2) is 0 Å². The third-order valence-corrected chi connectivity index (χ3v) is 3.05. The molecule has 0 bridgehead atoms. The molecular formula is C12H20O5. The van der Waals surface area contributed by atoms with Crippen molar-refractivity contribution < 1.29 is 24.2 Å². The lowest BCUT2D eigenvalue weighted by molar-refractivity contribution is -0.154. The van der Waals surface area contributed by atoms with Gasteiger partial charge in [0.25, 0.3) is 0 Å². The highest BCUT2D eigenvalue weighted by Gasteiger charge is 2.42. The Labute approximate surface area is 101 Å². The van der Waals surface area contributed by atoms with Gasteiger partial charge in [-0.2, -0.15) is 0 Å². The minimum Gasteiger partial charge on any atom is -0.466 e. The first-order valence-electron chi connectivity index (χ1n) is 6.10. The summed E-state index contributed by atoms with van der Waals surface area (Å²) in [6.07, 6.45) is 0.666. The molecule has 0 heterocycles. The normalized spacial score (nSPS) is 27.8. The number of rotatable bonds is 5. The summed E-state index contributed by atoms with van der Waals surface area (Å²) in [5.74, 6) is -1.48. The SMILES string of the molecule is CCOC(=O)CC1CCC(O)C1C(=O)OCC. The van der Waals surface area contributed by atoms with Crippen LogP contribution in [-0.4, -0.2) is 36.4 Å². The van der Waals surface area contributed by atoms with E-state index in [0.29, 0.717) is 19.4 Å². The van der Waals surface area contributed by atoms with Gasteiger partial charge in [0, 0.05) is 6.42 Å². The second-order valence-electron chi connectivity index (χ2n) is 4.19. The van der Waals surface area contributed by atoms with Crippen LogP contribution in [-0.2, 0) is 19.1 Å². The summed E-state index contributed by atoms with van der Waals surface area (Å²) in [7, 11) is 0. The Morgan fingerprint density at radius 2 is 1.82 bits per heavy atom. The highest BCUT2D eigenvalue weighted by Crippen LogP contribution is 2.35. The molecule has 1 saturated carbocycles. The fourth-order valence-corrected chi connectivity index (χ4v) is 2.31. The predicted octanol–water partition coefficient (Wildman–Crippen LogP) is 0.890. The fraction of sp³-hybridized carbons (Fsp3) is 0.833. The molecule has 0 saturated heterocycles. The molecule has 1 N–H and O–H groups in total. The molecule has 5 nitrogen and oxygen atoms in total. The lowest BCUT2D eigenvalue weighted by Gasteiger charge is -2.19. The van der Waals surface area contributed by atoms with Gasteiger partial charge in [-0.25, -0.2) is 0 Å². The van der Waals surface area contributed by atoms with Gasteiger partial charge < -0.3 is 14.6 Å². The maximum absolute atomic E-state index is 11.7. The monoisotopic (exact) mass is 244 g/mol. The Kier molecular flexibility index (Phi) is 5.41.